The van der Waals surface area contributed by atoms with Gasteiger partial charge in [-0.1, -0.05) is 30.3 Å². The number of carbonyl (C=O) groups is 1. The smallest absolute Gasteiger partial charge is 0.407 e. The van der Waals surface area contributed by atoms with Crippen molar-refractivity contribution in [2.24, 2.45) is 0 Å². The Bertz CT molecular complexity index is 440. The fourth-order valence-electron chi connectivity index (χ4n) is 1.79. The van der Waals surface area contributed by atoms with Gasteiger partial charge in [0.05, 0.1) is 18.8 Å². The Labute approximate surface area is 112 Å². The van der Waals surface area contributed by atoms with Crippen molar-refractivity contribution in [3.63, 3.8) is 0 Å². The molecule has 1 aliphatic heterocycles. The average molecular weight is 265 g/mol. The van der Waals surface area contributed by atoms with E-state index in [0.29, 0.717) is 0 Å². The van der Waals surface area contributed by atoms with Crippen LogP contribution in [0.3, 0.4) is 0 Å². The molecule has 1 aromatic carbocycles. The Balaban J connectivity index is 1.84. The van der Waals surface area contributed by atoms with Gasteiger partial charge in [-0.25, -0.2) is 4.79 Å². The summed E-state index contributed by atoms with van der Waals surface area (Å²) in [6.45, 7) is 4.15. The van der Waals surface area contributed by atoms with Crippen LogP contribution >= 0.6 is 0 Å². The van der Waals surface area contributed by atoms with Gasteiger partial charge < -0.3 is 19.9 Å². The highest BCUT2D eigenvalue weighted by atomic mass is 16.6. The molecule has 0 spiro atoms. The van der Waals surface area contributed by atoms with Crippen molar-refractivity contribution in [1.29, 1.82) is 0 Å². The summed E-state index contributed by atoms with van der Waals surface area (Å²) < 4.78 is 10.1. The minimum Gasteiger partial charge on any atom is -0.445 e. The Morgan fingerprint density at radius 2 is 2.05 bits per heavy atom. The maximum atomic E-state index is 11.7. The number of nitrogens with one attached hydrogen (secondary N) is 1. The fourth-order valence-corrected chi connectivity index (χ4v) is 1.79. The molecule has 1 saturated heterocycles. The highest BCUT2D eigenvalue weighted by Crippen LogP contribution is 2.29. The molecule has 0 bridgehead atoms. The second kappa shape index (κ2) is 5.19. The number of ether oxygens (including phenoxy) is 2. The van der Waals surface area contributed by atoms with E-state index in [9.17, 15) is 9.90 Å². The van der Waals surface area contributed by atoms with E-state index in [-0.39, 0.29) is 19.8 Å². The lowest BCUT2D eigenvalue weighted by Crippen LogP contribution is -2.69. The molecule has 104 valence electrons. The van der Waals surface area contributed by atoms with Crippen LogP contribution in [0.5, 0.6) is 0 Å². The largest absolute Gasteiger partial charge is 0.445 e. The first-order valence-corrected chi connectivity index (χ1v) is 6.22. The molecule has 0 aromatic heterocycles. The topological polar surface area (TPSA) is 67.8 Å². The van der Waals surface area contributed by atoms with E-state index < -0.39 is 17.2 Å². The lowest BCUT2D eigenvalue weighted by Gasteiger charge is -2.48. The molecule has 1 amide bonds. The van der Waals surface area contributed by atoms with Gasteiger partial charge in [-0.15, -0.1) is 0 Å². The van der Waals surface area contributed by atoms with E-state index >= 15 is 0 Å². The third-order valence-corrected chi connectivity index (χ3v) is 3.47. The summed E-state index contributed by atoms with van der Waals surface area (Å²) in [5, 5.41) is 12.9. The molecule has 1 heterocycles. The summed E-state index contributed by atoms with van der Waals surface area (Å²) in [5.41, 5.74) is -0.904. The van der Waals surface area contributed by atoms with Crippen LogP contribution in [0.25, 0.3) is 0 Å². The quantitative estimate of drug-likeness (QED) is 0.864. The van der Waals surface area contributed by atoms with Crippen molar-refractivity contribution >= 4 is 6.09 Å². The van der Waals surface area contributed by atoms with E-state index in [4.69, 9.17) is 9.47 Å². The molecule has 2 rings (SSSR count). The minimum atomic E-state index is -1.03. The van der Waals surface area contributed by atoms with Crippen molar-refractivity contribution in [3.05, 3.63) is 35.9 Å². The number of aliphatic hydroxyl groups is 1. The number of rotatable bonds is 4. The molecular weight excluding hydrogens is 246 g/mol. The average Bonchev–Trinajstić information content (AvgIpc) is 2.34. The van der Waals surface area contributed by atoms with Gasteiger partial charge in [0.25, 0.3) is 0 Å². The van der Waals surface area contributed by atoms with Crippen LogP contribution in [-0.4, -0.2) is 35.6 Å². The monoisotopic (exact) mass is 265 g/mol. The number of hydrogen-bond acceptors (Lipinski definition) is 4. The number of hydrogen-bond donors (Lipinski definition) is 2. The van der Waals surface area contributed by atoms with Crippen LogP contribution in [0.15, 0.2) is 30.3 Å². The first-order chi connectivity index (χ1) is 8.93. The lowest BCUT2D eigenvalue weighted by molar-refractivity contribution is -0.213. The maximum absolute atomic E-state index is 11.7. The second-order valence-corrected chi connectivity index (χ2v) is 5.34. The molecular formula is C14H19NO4. The summed E-state index contributed by atoms with van der Waals surface area (Å²) in [6, 6.07) is 9.43. The zero-order valence-electron chi connectivity index (χ0n) is 11.2. The predicted molar refractivity (Wildman–Crippen MR) is 69.6 cm³/mol. The van der Waals surface area contributed by atoms with Gasteiger partial charge >= 0.3 is 6.09 Å². The van der Waals surface area contributed by atoms with Gasteiger partial charge in [0, 0.05) is 0 Å². The normalized spacial score (nSPS) is 17.4. The summed E-state index contributed by atoms with van der Waals surface area (Å²) in [5.74, 6) is 0. The molecule has 1 aliphatic rings. The Kier molecular flexibility index (Phi) is 3.78. The second-order valence-electron chi connectivity index (χ2n) is 5.34. The predicted octanol–water partition coefficient (Wildman–Crippen LogP) is 1.45. The van der Waals surface area contributed by atoms with Crippen LogP contribution in [0.2, 0.25) is 0 Å². The Morgan fingerprint density at radius 1 is 1.42 bits per heavy atom. The summed E-state index contributed by atoms with van der Waals surface area (Å²) in [7, 11) is 0. The first-order valence-electron chi connectivity index (χ1n) is 6.22. The molecule has 2 N–H and O–H groups in total. The third-order valence-electron chi connectivity index (χ3n) is 3.47. The fraction of sp³-hybridized carbons (Fsp3) is 0.500. The van der Waals surface area contributed by atoms with Gasteiger partial charge in [0.2, 0.25) is 0 Å². The maximum Gasteiger partial charge on any atom is 0.407 e. The van der Waals surface area contributed by atoms with Crippen LogP contribution in [0.4, 0.5) is 4.79 Å². The van der Waals surface area contributed by atoms with Gasteiger partial charge in [0.1, 0.15) is 12.2 Å². The molecule has 1 aromatic rings. The highest BCUT2D eigenvalue weighted by molar-refractivity contribution is 5.68. The zero-order chi connectivity index (χ0) is 13.9. The van der Waals surface area contributed by atoms with E-state index in [0.717, 1.165) is 5.56 Å². The standard InChI is InChI=1S/C14H19NO4/c1-13(2,14(17)9-18-10-14)15-12(16)19-8-11-6-4-3-5-7-11/h3-7,17H,8-10H2,1-2H3,(H,15,16). The molecule has 1 fully saturated rings. The summed E-state index contributed by atoms with van der Waals surface area (Å²) in [4.78, 5) is 11.7. The van der Waals surface area contributed by atoms with Gasteiger partial charge in [-0.2, -0.15) is 0 Å². The molecule has 5 nitrogen and oxygen atoms in total. The molecule has 0 radical (unpaired) electrons. The number of amides is 1. The summed E-state index contributed by atoms with van der Waals surface area (Å²) >= 11 is 0. The van der Waals surface area contributed by atoms with E-state index in [2.05, 4.69) is 5.32 Å². The van der Waals surface area contributed by atoms with Gasteiger partial charge in [-0.05, 0) is 19.4 Å². The molecule has 0 atom stereocenters. The summed E-state index contributed by atoms with van der Waals surface area (Å²) in [6.07, 6.45) is -0.547. The Morgan fingerprint density at radius 3 is 2.58 bits per heavy atom. The van der Waals surface area contributed by atoms with Crippen LogP contribution in [0.1, 0.15) is 19.4 Å². The number of alkyl carbamates (subject to hydrolysis) is 1. The van der Waals surface area contributed by atoms with Gasteiger partial charge in [-0.3, -0.25) is 0 Å². The van der Waals surface area contributed by atoms with Crippen LogP contribution in [0, 0.1) is 0 Å². The van der Waals surface area contributed by atoms with E-state index in [1.165, 1.54) is 0 Å². The van der Waals surface area contributed by atoms with E-state index in [1.807, 2.05) is 30.3 Å². The number of carbonyl (C=O) groups excluding carboxylic acids is 1. The van der Waals surface area contributed by atoms with Crippen molar-refractivity contribution in [2.75, 3.05) is 13.2 Å². The molecule has 0 saturated carbocycles. The number of benzene rings is 1. The minimum absolute atomic E-state index is 0.206. The van der Waals surface area contributed by atoms with Crippen molar-refractivity contribution < 1.29 is 19.4 Å². The van der Waals surface area contributed by atoms with Crippen LogP contribution in [-0.2, 0) is 16.1 Å². The van der Waals surface area contributed by atoms with E-state index in [1.54, 1.807) is 13.8 Å². The van der Waals surface area contributed by atoms with Crippen molar-refractivity contribution in [3.8, 4) is 0 Å². The molecule has 5 heteroatoms. The molecule has 0 unspecified atom stereocenters. The Hall–Kier alpha value is -1.59. The first kappa shape index (κ1) is 13.8. The third kappa shape index (κ3) is 3.05. The molecule has 19 heavy (non-hydrogen) atoms. The highest BCUT2D eigenvalue weighted by Gasteiger charge is 2.50. The van der Waals surface area contributed by atoms with Gasteiger partial charge in [0.15, 0.2) is 0 Å². The van der Waals surface area contributed by atoms with Crippen molar-refractivity contribution in [1.82, 2.24) is 5.32 Å². The van der Waals surface area contributed by atoms with Crippen molar-refractivity contribution in [2.45, 2.75) is 31.6 Å². The lowest BCUT2D eigenvalue weighted by atomic mass is 9.81. The SMILES string of the molecule is CC(C)(NC(=O)OCc1ccccc1)C1(O)COC1. The van der Waals surface area contributed by atoms with Crippen LogP contribution < -0.4 is 5.32 Å². The molecule has 0 aliphatic carbocycles. The zero-order valence-corrected chi connectivity index (χ0v) is 11.2.